The minimum absolute atomic E-state index is 0.461. The molecule has 2 heteroatoms. The molecule has 0 aliphatic heterocycles. The first-order valence-corrected chi connectivity index (χ1v) is 5.43. The summed E-state index contributed by atoms with van der Waals surface area (Å²) in [6, 6.07) is 5.83. The Kier molecular flexibility index (Phi) is 1.68. The van der Waals surface area contributed by atoms with Crippen molar-refractivity contribution in [3.05, 3.63) is 30.1 Å². The van der Waals surface area contributed by atoms with Gasteiger partial charge in [-0.2, -0.15) is 0 Å². The highest BCUT2D eigenvalue weighted by Crippen LogP contribution is 2.54. The predicted octanol–water partition coefficient (Wildman–Crippen LogP) is 2.09. The van der Waals surface area contributed by atoms with Crippen molar-refractivity contribution < 1.29 is 5.11 Å². The Bertz CT molecular complexity index is 337. The van der Waals surface area contributed by atoms with E-state index in [4.69, 9.17) is 0 Å². The first-order chi connectivity index (χ1) is 6.79. The normalized spacial score (nSPS) is 40.4. The van der Waals surface area contributed by atoms with E-state index in [0.29, 0.717) is 5.92 Å². The number of aromatic nitrogens is 1. The maximum Gasteiger partial charge on any atom is 0.110 e. The van der Waals surface area contributed by atoms with E-state index < -0.39 is 5.60 Å². The molecule has 0 radical (unpaired) electrons. The second kappa shape index (κ2) is 2.80. The zero-order chi connectivity index (χ0) is 9.60. The van der Waals surface area contributed by atoms with E-state index in [1.54, 1.807) is 6.20 Å². The van der Waals surface area contributed by atoms with Gasteiger partial charge in [-0.15, -0.1) is 0 Å². The van der Waals surface area contributed by atoms with Gasteiger partial charge in [-0.25, -0.2) is 0 Å². The molecular weight excluding hydrogens is 174 g/mol. The highest BCUT2D eigenvalue weighted by atomic mass is 16.3. The highest BCUT2D eigenvalue weighted by molar-refractivity contribution is 5.18. The monoisotopic (exact) mass is 189 g/mol. The van der Waals surface area contributed by atoms with Crippen LogP contribution in [0.1, 0.15) is 31.4 Å². The van der Waals surface area contributed by atoms with Crippen LogP contribution in [0.15, 0.2) is 24.4 Å². The third kappa shape index (κ3) is 1.04. The lowest BCUT2D eigenvalue weighted by molar-refractivity contribution is -0.0221. The molecule has 0 aromatic carbocycles. The van der Waals surface area contributed by atoms with Crippen LogP contribution in [0.4, 0.5) is 0 Å². The van der Waals surface area contributed by atoms with Gasteiger partial charge in [0.1, 0.15) is 5.60 Å². The number of rotatable bonds is 1. The lowest BCUT2D eigenvalue weighted by Gasteiger charge is -2.31. The molecule has 0 amide bonds. The molecule has 1 aromatic rings. The predicted molar refractivity (Wildman–Crippen MR) is 53.6 cm³/mol. The maximum atomic E-state index is 10.6. The van der Waals surface area contributed by atoms with Gasteiger partial charge in [0.15, 0.2) is 0 Å². The van der Waals surface area contributed by atoms with Gasteiger partial charge in [0.05, 0.1) is 5.69 Å². The second-order valence-corrected chi connectivity index (χ2v) is 4.72. The maximum absolute atomic E-state index is 10.6. The Labute approximate surface area is 84.0 Å². The molecule has 3 atom stereocenters. The quantitative estimate of drug-likeness (QED) is 0.733. The summed E-state index contributed by atoms with van der Waals surface area (Å²) in [5.41, 5.74) is 0.275. The summed E-state index contributed by atoms with van der Waals surface area (Å²) in [6.07, 6.45) is 6.39. The van der Waals surface area contributed by atoms with E-state index in [2.05, 4.69) is 4.98 Å². The number of hydrogen-bond donors (Lipinski definition) is 1. The Morgan fingerprint density at radius 3 is 2.86 bits per heavy atom. The van der Waals surface area contributed by atoms with Crippen molar-refractivity contribution in [3.8, 4) is 0 Å². The van der Waals surface area contributed by atoms with Gasteiger partial charge < -0.3 is 5.11 Å². The lowest BCUT2D eigenvalue weighted by Crippen LogP contribution is -2.33. The second-order valence-electron chi connectivity index (χ2n) is 4.72. The van der Waals surface area contributed by atoms with Gasteiger partial charge in [0.2, 0.25) is 0 Å². The summed E-state index contributed by atoms with van der Waals surface area (Å²) in [6.45, 7) is 0. The fourth-order valence-electron chi connectivity index (χ4n) is 3.23. The molecule has 2 aliphatic rings. The summed E-state index contributed by atoms with van der Waals surface area (Å²) in [5, 5.41) is 10.6. The number of pyridine rings is 1. The van der Waals surface area contributed by atoms with Crippen molar-refractivity contribution >= 4 is 0 Å². The molecule has 2 nitrogen and oxygen atoms in total. The van der Waals surface area contributed by atoms with Gasteiger partial charge in [-0.3, -0.25) is 4.98 Å². The average molecular weight is 189 g/mol. The van der Waals surface area contributed by atoms with Crippen molar-refractivity contribution in [3.63, 3.8) is 0 Å². The summed E-state index contributed by atoms with van der Waals surface area (Å²) >= 11 is 0. The van der Waals surface area contributed by atoms with Gasteiger partial charge in [0.25, 0.3) is 0 Å². The van der Waals surface area contributed by atoms with E-state index in [1.807, 2.05) is 18.2 Å². The third-order valence-corrected chi connectivity index (χ3v) is 3.92. The molecule has 0 saturated heterocycles. The van der Waals surface area contributed by atoms with E-state index in [0.717, 1.165) is 18.0 Å². The minimum atomic E-state index is -0.607. The third-order valence-electron chi connectivity index (χ3n) is 3.92. The van der Waals surface area contributed by atoms with Gasteiger partial charge >= 0.3 is 0 Å². The fourth-order valence-corrected chi connectivity index (χ4v) is 3.23. The van der Waals surface area contributed by atoms with Crippen LogP contribution in [0.2, 0.25) is 0 Å². The summed E-state index contributed by atoms with van der Waals surface area (Å²) in [5.74, 6) is 1.20. The first-order valence-electron chi connectivity index (χ1n) is 5.43. The molecule has 14 heavy (non-hydrogen) atoms. The molecule has 2 saturated carbocycles. The lowest BCUT2D eigenvalue weighted by atomic mass is 9.81. The number of nitrogens with zero attached hydrogens (tertiary/aromatic N) is 1. The zero-order valence-corrected chi connectivity index (χ0v) is 8.19. The van der Waals surface area contributed by atoms with E-state index in [9.17, 15) is 5.11 Å². The molecule has 1 aromatic heterocycles. The van der Waals surface area contributed by atoms with Gasteiger partial charge in [-0.05, 0) is 49.7 Å². The van der Waals surface area contributed by atoms with E-state index in [-0.39, 0.29) is 0 Å². The Morgan fingerprint density at radius 2 is 2.29 bits per heavy atom. The van der Waals surface area contributed by atoms with E-state index >= 15 is 0 Å². The van der Waals surface area contributed by atoms with Gasteiger partial charge in [0, 0.05) is 6.20 Å². The molecule has 2 aliphatic carbocycles. The van der Waals surface area contributed by atoms with Crippen LogP contribution in [0.5, 0.6) is 0 Å². The Hall–Kier alpha value is -0.890. The standard InChI is InChI=1S/C12H15NO/c14-12(11-3-1-2-6-13-11)8-9-4-5-10(12)7-9/h1-3,6,9-10,14H,4-5,7-8H2. The van der Waals surface area contributed by atoms with Gasteiger partial charge in [-0.1, -0.05) is 6.07 Å². The summed E-state index contributed by atoms with van der Waals surface area (Å²) in [7, 11) is 0. The first kappa shape index (κ1) is 8.42. The Morgan fingerprint density at radius 1 is 1.36 bits per heavy atom. The molecule has 1 N–H and O–H groups in total. The molecule has 74 valence electrons. The van der Waals surface area contributed by atoms with Crippen LogP contribution in [0.3, 0.4) is 0 Å². The molecular formula is C12H15NO. The molecule has 1 heterocycles. The van der Waals surface area contributed by atoms with Crippen LogP contribution in [0, 0.1) is 11.8 Å². The highest BCUT2D eigenvalue weighted by Gasteiger charge is 2.51. The number of fused-ring (bicyclic) bond motifs is 2. The van der Waals surface area contributed by atoms with Crippen molar-refractivity contribution in [2.24, 2.45) is 11.8 Å². The van der Waals surface area contributed by atoms with Crippen LogP contribution in [-0.4, -0.2) is 10.1 Å². The number of aliphatic hydroxyl groups is 1. The average Bonchev–Trinajstić information content (AvgIpc) is 2.79. The molecule has 0 spiro atoms. The van der Waals surface area contributed by atoms with Crippen LogP contribution < -0.4 is 0 Å². The SMILES string of the molecule is OC1(c2ccccn2)CC2CCC1C2. The van der Waals surface area contributed by atoms with Crippen LogP contribution >= 0.6 is 0 Å². The van der Waals surface area contributed by atoms with Crippen molar-refractivity contribution in [1.82, 2.24) is 4.98 Å². The zero-order valence-electron chi connectivity index (χ0n) is 8.19. The molecule has 3 unspecified atom stereocenters. The van der Waals surface area contributed by atoms with E-state index in [1.165, 1.54) is 19.3 Å². The van der Waals surface area contributed by atoms with Crippen LogP contribution in [0.25, 0.3) is 0 Å². The largest absolute Gasteiger partial charge is 0.383 e. The van der Waals surface area contributed by atoms with Crippen molar-refractivity contribution in [2.45, 2.75) is 31.3 Å². The molecule has 3 rings (SSSR count). The van der Waals surface area contributed by atoms with Crippen LogP contribution in [-0.2, 0) is 5.60 Å². The number of hydrogen-bond acceptors (Lipinski definition) is 2. The summed E-state index contributed by atoms with van der Waals surface area (Å²) < 4.78 is 0. The fraction of sp³-hybridized carbons (Fsp3) is 0.583. The topological polar surface area (TPSA) is 33.1 Å². The van der Waals surface area contributed by atoms with Crippen molar-refractivity contribution in [1.29, 1.82) is 0 Å². The summed E-state index contributed by atoms with van der Waals surface area (Å²) in [4.78, 5) is 4.30. The minimum Gasteiger partial charge on any atom is -0.383 e. The van der Waals surface area contributed by atoms with Crippen molar-refractivity contribution in [2.75, 3.05) is 0 Å². The molecule has 2 bridgehead atoms. The Balaban J connectivity index is 1.98. The smallest absolute Gasteiger partial charge is 0.110 e. The molecule has 2 fully saturated rings.